The number of alkyl carbamates (subject to hydrolysis) is 1. The summed E-state index contributed by atoms with van der Waals surface area (Å²) >= 11 is 0. The van der Waals surface area contributed by atoms with Crippen LogP contribution >= 0.6 is 0 Å². The molecule has 0 radical (unpaired) electrons. The Hall–Kier alpha value is -3.43. The number of Topliss-reactive ketones (excluding diaryl/α,β-unsaturated/α-hetero) is 1. The summed E-state index contributed by atoms with van der Waals surface area (Å²) in [6.07, 6.45) is 4.30. The number of aromatic nitrogens is 2. The summed E-state index contributed by atoms with van der Waals surface area (Å²) < 4.78 is 18.2. The van der Waals surface area contributed by atoms with Crippen LogP contribution in [-0.4, -0.2) is 69.6 Å². The third-order valence-corrected chi connectivity index (χ3v) is 9.26. The SMILES string of the molecule is CCOc1ccc2nc3c(nc2c1)O[C@H]1CN(C(=O)[C@H](C(C)(C)C)NC(=O)O[C@]2(C)C[C@H]2CCCCC3)[C@H](C(C)=O)[C@@H]1C. The molecule has 2 bridgehead atoms. The van der Waals surface area contributed by atoms with E-state index in [0.717, 1.165) is 43.3 Å². The van der Waals surface area contributed by atoms with E-state index in [2.05, 4.69) is 5.32 Å². The number of carbonyl (C=O) groups excluding carboxylic acids is 3. The summed E-state index contributed by atoms with van der Waals surface area (Å²) in [4.78, 5) is 51.6. The lowest BCUT2D eigenvalue weighted by Crippen LogP contribution is -2.57. The largest absolute Gasteiger partial charge is 0.494 e. The Morgan fingerprint density at radius 2 is 1.93 bits per heavy atom. The molecule has 10 heteroatoms. The number of amides is 2. The number of carbonyl (C=O) groups is 3. The minimum atomic E-state index is -0.888. The van der Waals surface area contributed by atoms with E-state index in [1.807, 2.05) is 59.7 Å². The average molecular weight is 595 g/mol. The highest BCUT2D eigenvalue weighted by atomic mass is 16.6. The van der Waals surface area contributed by atoms with Gasteiger partial charge in [-0.3, -0.25) is 9.59 Å². The number of rotatable bonds is 3. The van der Waals surface area contributed by atoms with Gasteiger partial charge in [0, 0.05) is 17.9 Å². The molecular formula is C33H46N4O6. The van der Waals surface area contributed by atoms with Crippen LogP contribution in [0.2, 0.25) is 0 Å². The van der Waals surface area contributed by atoms with E-state index in [0.29, 0.717) is 36.1 Å². The van der Waals surface area contributed by atoms with Crippen molar-refractivity contribution in [1.82, 2.24) is 20.2 Å². The Bertz CT molecular complexity index is 1390. The molecule has 0 spiro atoms. The minimum Gasteiger partial charge on any atom is -0.494 e. The lowest BCUT2D eigenvalue weighted by atomic mass is 9.85. The van der Waals surface area contributed by atoms with Crippen LogP contribution < -0.4 is 14.8 Å². The molecule has 0 unspecified atom stereocenters. The number of nitrogens with zero attached hydrogens (tertiary/aromatic N) is 3. The highest BCUT2D eigenvalue weighted by Crippen LogP contribution is 2.49. The van der Waals surface area contributed by atoms with Crippen molar-refractivity contribution in [2.75, 3.05) is 13.2 Å². The zero-order chi connectivity index (χ0) is 31.1. The lowest BCUT2D eigenvalue weighted by molar-refractivity contribution is -0.141. The molecule has 2 fully saturated rings. The van der Waals surface area contributed by atoms with Crippen LogP contribution in [0.15, 0.2) is 18.2 Å². The van der Waals surface area contributed by atoms with Crippen LogP contribution in [0.5, 0.6) is 11.6 Å². The van der Waals surface area contributed by atoms with E-state index < -0.39 is 35.3 Å². The number of fused-ring (bicyclic) bond motifs is 5. The molecular weight excluding hydrogens is 548 g/mol. The summed E-state index contributed by atoms with van der Waals surface area (Å²) in [5.41, 5.74) is 1.05. The zero-order valence-corrected chi connectivity index (χ0v) is 26.6. The first kappa shape index (κ1) is 31.0. The van der Waals surface area contributed by atoms with E-state index in [9.17, 15) is 14.4 Å². The Morgan fingerprint density at radius 3 is 2.63 bits per heavy atom. The smallest absolute Gasteiger partial charge is 0.408 e. The van der Waals surface area contributed by atoms with Gasteiger partial charge in [-0.2, -0.15) is 0 Å². The summed E-state index contributed by atoms with van der Waals surface area (Å²) in [5, 5.41) is 2.86. The van der Waals surface area contributed by atoms with E-state index in [1.165, 1.54) is 6.92 Å². The van der Waals surface area contributed by atoms with Gasteiger partial charge in [-0.05, 0) is 64.0 Å². The molecule has 2 aliphatic heterocycles. The molecule has 5 rings (SSSR count). The number of hydrogen-bond acceptors (Lipinski definition) is 8. The average Bonchev–Trinajstić information content (AvgIpc) is 3.43. The Labute approximate surface area is 254 Å². The van der Waals surface area contributed by atoms with Gasteiger partial charge in [0.2, 0.25) is 11.8 Å². The fourth-order valence-electron chi connectivity index (χ4n) is 6.63. The van der Waals surface area contributed by atoms with Crippen molar-refractivity contribution in [3.8, 4) is 11.6 Å². The summed E-state index contributed by atoms with van der Waals surface area (Å²) in [5.74, 6) is 0.669. The summed E-state index contributed by atoms with van der Waals surface area (Å²) in [6.45, 7) is 13.7. The summed E-state index contributed by atoms with van der Waals surface area (Å²) in [6, 6.07) is 4.08. The van der Waals surface area contributed by atoms with Crippen molar-refractivity contribution in [2.45, 2.75) is 111 Å². The minimum absolute atomic E-state index is 0.132. The third kappa shape index (κ3) is 6.58. The van der Waals surface area contributed by atoms with Crippen molar-refractivity contribution in [3.05, 3.63) is 23.9 Å². The molecule has 43 heavy (non-hydrogen) atoms. The van der Waals surface area contributed by atoms with Crippen LogP contribution in [-0.2, 0) is 20.7 Å². The van der Waals surface area contributed by atoms with Gasteiger partial charge in [-0.1, -0.05) is 40.5 Å². The van der Waals surface area contributed by atoms with Gasteiger partial charge in [0.15, 0.2) is 5.78 Å². The van der Waals surface area contributed by atoms with Gasteiger partial charge in [0.05, 0.1) is 30.2 Å². The first-order chi connectivity index (χ1) is 20.3. The number of benzene rings is 1. The van der Waals surface area contributed by atoms with Crippen LogP contribution in [0, 0.1) is 17.3 Å². The highest BCUT2D eigenvalue weighted by molar-refractivity contribution is 5.92. The lowest BCUT2D eigenvalue weighted by Gasteiger charge is -2.35. The molecule has 3 aliphatic rings. The molecule has 1 saturated carbocycles. The molecule has 10 nitrogen and oxygen atoms in total. The first-order valence-electron chi connectivity index (χ1n) is 15.7. The number of ether oxygens (including phenoxy) is 3. The Kier molecular flexibility index (Phi) is 8.60. The van der Waals surface area contributed by atoms with Crippen molar-refractivity contribution in [2.24, 2.45) is 17.3 Å². The van der Waals surface area contributed by atoms with Crippen LogP contribution in [0.25, 0.3) is 11.0 Å². The number of ketones is 1. The predicted molar refractivity (Wildman–Crippen MR) is 162 cm³/mol. The molecule has 2 aromatic rings. The molecule has 1 saturated heterocycles. The van der Waals surface area contributed by atoms with E-state index in [4.69, 9.17) is 24.2 Å². The fourth-order valence-corrected chi connectivity index (χ4v) is 6.63. The predicted octanol–water partition coefficient (Wildman–Crippen LogP) is 5.25. The second kappa shape index (κ2) is 11.9. The zero-order valence-electron chi connectivity index (χ0n) is 26.6. The maximum absolute atomic E-state index is 14.1. The quantitative estimate of drug-likeness (QED) is 0.512. The topological polar surface area (TPSA) is 120 Å². The fraction of sp³-hybridized carbons (Fsp3) is 0.667. The number of aryl methyl sites for hydroxylation is 1. The molecule has 2 amide bonds. The van der Waals surface area contributed by atoms with Crippen molar-refractivity contribution < 1.29 is 28.6 Å². The third-order valence-electron chi connectivity index (χ3n) is 9.26. The molecule has 234 valence electrons. The van der Waals surface area contributed by atoms with Crippen LogP contribution in [0.4, 0.5) is 4.79 Å². The molecule has 1 aromatic carbocycles. The van der Waals surface area contributed by atoms with Crippen molar-refractivity contribution in [1.29, 1.82) is 0 Å². The van der Waals surface area contributed by atoms with Gasteiger partial charge in [0.25, 0.3) is 0 Å². The second-order valence-corrected chi connectivity index (χ2v) is 13.8. The van der Waals surface area contributed by atoms with E-state index in [-0.39, 0.29) is 24.2 Å². The second-order valence-electron chi connectivity index (χ2n) is 13.8. The van der Waals surface area contributed by atoms with Crippen molar-refractivity contribution >= 4 is 28.8 Å². The molecule has 1 aromatic heterocycles. The molecule has 1 N–H and O–H groups in total. The van der Waals surface area contributed by atoms with Gasteiger partial charge in [-0.15, -0.1) is 0 Å². The Balaban J connectivity index is 1.52. The Morgan fingerprint density at radius 1 is 1.16 bits per heavy atom. The van der Waals surface area contributed by atoms with Gasteiger partial charge >= 0.3 is 6.09 Å². The standard InChI is InChI=1S/C33H46N4O6/c1-8-41-22-14-15-23-25(16-22)35-29-24(34-23)13-11-9-10-12-21-17-33(21,7)43-31(40)36-28(32(4,5)6)30(39)37-18-26(42-29)19(2)27(37)20(3)38/h14-16,19,21,26-28H,8-13,17-18H2,1-7H3,(H,36,40)/t19-,21-,26+,27+,28-,33-/m1/s1. The van der Waals surface area contributed by atoms with Crippen LogP contribution in [0.1, 0.15) is 86.3 Å². The molecule has 6 atom stereocenters. The highest BCUT2D eigenvalue weighted by Gasteiger charge is 2.54. The first-order valence-corrected chi connectivity index (χ1v) is 15.7. The maximum atomic E-state index is 14.1. The van der Waals surface area contributed by atoms with Gasteiger partial charge < -0.3 is 24.4 Å². The normalized spacial score (nSPS) is 30.2. The van der Waals surface area contributed by atoms with Gasteiger partial charge in [-0.25, -0.2) is 14.8 Å². The molecule has 1 aliphatic carbocycles. The van der Waals surface area contributed by atoms with Crippen molar-refractivity contribution in [3.63, 3.8) is 0 Å². The van der Waals surface area contributed by atoms with Crippen LogP contribution in [0.3, 0.4) is 0 Å². The number of hydrogen-bond donors (Lipinski definition) is 1. The van der Waals surface area contributed by atoms with Gasteiger partial charge in [0.1, 0.15) is 29.2 Å². The van der Waals surface area contributed by atoms with E-state index in [1.54, 1.807) is 4.90 Å². The number of nitrogens with one attached hydrogen (secondary N) is 1. The summed E-state index contributed by atoms with van der Waals surface area (Å²) in [7, 11) is 0. The van der Waals surface area contributed by atoms with E-state index >= 15 is 0 Å². The maximum Gasteiger partial charge on any atom is 0.408 e. The molecule has 3 heterocycles. The monoisotopic (exact) mass is 594 g/mol.